The molecule has 0 spiro atoms. The van der Waals surface area contributed by atoms with E-state index in [9.17, 15) is 8.42 Å². The molecule has 0 saturated carbocycles. The maximum absolute atomic E-state index is 12.4. The average Bonchev–Trinajstić information content (AvgIpc) is 2.33. The van der Waals surface area contributed by atoms with Crippen LogP contribution < -0.4 is 0 Å². The van der Waals surface area contributed by atoms with Crippen molar-refractivity contribution in [1.82, 2.24) is 4.98 Å². The van der Waals surface area contributed by atoms with Crippen molar-refractivity contribution in [2.45, 2.75) is 57.3 Å². The summed E-state index contributed by atoms with van der Waals surface area (Å²) in [6, 6.07) is 5.81. The molecule has 0 saturated heterocycles. The Morgan fingerprint density at radius 2 is 1.45 bits per heavy atom. The second-order valence-electron chi connectivity index (χ2n) is 7.97. The van der Waals surface area contributed by atoms with Crippen LogP contribution in [0.4, 0.5) is 0 Å². The van der Waals surface area contributed by atoms with Crippen LogP contribution in [0.3, 0.4) is 0 Å². The van der Waals surface area contributed by atoms with E-state index in [0.29, 0.717) is 4.90 Å². The molecule has 0 atom stereocenters. The molecule has 1 heterocycles. The zero-order valence-electron chi connectivity index (χ0n) is 14.5. The van der Waals surface area contributed by atoms with Gasteiger partial charge in [-0.2, -0.15) is 0 Å². The van der Waals surface area contributed by atoms with E-state index in [1.165, 1.54) is 6.26 Å². The zero-order valence-corrected chi connectivity index (χ0v) is 15.3. The molecule has 2 aromatic rings. The molecule has 2 rings (SSSR count). The number of fused-ring (bicyclic) bond motifs is 1. The van der Waals surface area contributed by atoms with Crippen molar-refractivity contribution in [1.29, 1.82) is 0 Å². The molecular formula is C18H25NO2S. The summed E-state index contributed by atoms with van der Waals surface area (Å²) in [5.74, 6) is 0. The molecule has 0 unspecified atom stereocenters. The Labute approximate surface area is 133 Å². The second kappa shape index (κ2) is 5.05. The number of para-hydroxylation sites is 1. The highest BCUT2D eigenvalue weighted by atomic mass is 32.2. The molecule has 0 aliphatic carbocycles. The van der Waals surface area contributed by atoms with Crippen LogP contribution in [-0.4, -0.2) is 19.7 Å². The number of rotatable bonds is 1. The van der Waals surface area contributed by atoms with Gasteiger partial charge in [0.2, 0.25) is 0 Å². The summed E-state index contributed by atoms with van der Waals surface area (Å²) >= 11 is 0. The zero-order chi connectivity index (χ0) is 16.9. The fourth-order valence-electron chi connectivity index (χ4n) is 2.74. The summed E-state index contributed by atoms with van der Waals surface area (Å²) in [6.07, 6.45) is 3.01. The molecule has 0 amide bonds. The molecule has 1 aromatic carbocycles. The van der Waals surface area contributed by atoms with Crippen LogP contribution in [0, 0.1) is 0 Å². The standard InChI is InChI=1S/C18H25NO2S/c1-17(2,3)13-10-8-9-12-15(13)19-11-14(18(4,5)6)16(12)22(7,20)21/h8-11H,1-7H3. The van der Waals surface area contributed by atoms with Gasteiger partial charge in [0.25, 0.3) is 0 Å². The van der Waals surface area contributed by atoms with Crippen LogP contribution in [0.5, 0.6) is 0 Å². The predicted molar refractivity (Wildman–Crippen MR) is 92.3 cm³/mol. The summed E-state index contributed by atoms with van der Waals surface area (Å²) < 4.78 is 24.9. The summed E-state index contributed by atoms with van der Waals surface area (Å²) in [6.45, 7) is 12.4. The lowest BCUT2D eigenvalue weighted by atomic mass is 9.83. The minimum absolute atomic E-state index is 0.0927. The quantitative estimate of drug-likeness (QED) is 0.790. The van der Waals surface area contributed by atoms with Crippen LogP contribution in [0.15, 0.2) is 29.3 Å². The van der Waals surface area contributed by atoms with Gasteiger partial charge in [0, 0.05) is 17.8 Å². The summed E-state index contributed by atoms with van der Waals surface area (Å²) in [5, 5.41) is 0.724. The molecule has 0 aliphatic heterocycles. The van der Waals surface area contributed by atoms with Crippen molar-refractivity contribution in [3.8, 4) is 0 Å². The Bertz CT molecular complexity index is 823. The first-order chi connectivity index (χ1) is 9.83. The van der Waals surface area contributed by atoms with Gasteiger partial charge in [-0.15, -0.1) is 0 Å². The van der Waals surface area contributed by atoms with E-state index in [0.717, 1.165) is 22.0 Å². The fourth-order valence-corrected chi connectivity index (χ4v) is 4.06. The number of nitrogens with zero attached hydrogens (tertiary/aromatic N) is 1. The highest BCUT2D eigenvalue weighted by Gasteiger charge is 2.28. The van der Waals surface area contributed by atoms with Crippen molar-refractivity contribution < 1.29 is 8.42 Å². The van der Waals surface area contributed by atoms with E-state index in [-0.39, 0.29) is 10.8 Å². The third-order valence-corrected chi connectivity index (χ3v) is 5.02. The van der Waals surface area contributed by atoms with Gasteiger partial charge in [0.15, 0.2) is 9.84 Å². The molecular weight excluding hydrogens is 294 g/mol. The number of sulfone groups is 1. The third-order valence-electron chi connectivity index (χ3n) is 3.83. The van der Waals surface area contributed by atoms with E-state index in [1.54, 1.807) is 6.20 Å². The van der Waals surface area contributed by atoms with Crippen LogP contribution in [-0.2, 0) is 20.7 Å². The van der Waals surface area contributed by atoms with Crippen molar-refractivity contribution >= 4 is 20.7 Å². The van der Waals surface area contributed by atoms with Crippen molar-refractivity contribution in [3.63, 3.8) is 0 Å². The van der Waals surface area contributed by atoms with Gasteiger partial charge in [-0.3, -0.25) is 4.98 Å². The Balaban J connectivity index is 3.03. The van der Waals surface area contributed by atoms with E-state index in [1.807, 2.05) is 39.0 Å². The van der Waals surface area contributed by atoms with Crippen molar-refractivity contribution in [3.05, 3.63) is 35.5 Å². The molecule has 0 bridgehead atoms. The molecule has 4 heteroatoms. The van der Waals surface area contributed by atoms with Crippen molar-refractivity contribution in [2.75, 3.05) is 6.26 Å². The largest absolute Gasteiger partial charge is 0.256 e. The molecule has 0 fully saturated rings. The minimum atomic E-state index is -3.35. The van der Waals surface area contributed by atoms with Gasteiger partial charge >= 0.3 is 0 Å². The van der Waals surface area contributed by atoms with Gasteiger partial charge < -0.3 is 0 Å². The van der Waals surface area contributed by atoms with Gasteiger partial charge in [0.05, 0.1) is 10.4 Å². The predicted octanol–water partition coefficient (Wildman–Crippen LogP) is 4.23. The lowest BCUT2D eigenvalue weighted by Crippen LogP contribution is -2.19. The minimum Gasteiger partial charge on any atom is -0.256 e. The van der Waals surface area contributed by atoms with Crippen molar-refractivity contribution in [2.24, 2.45) is 0 Å². The first-order valence-electron chi connectivity index (χ1n) is 7.46. The molecule has 1 aromatic heterocycles. The van der Waals surface area contributed by atoms with E-state index < -0.39 is 9.84 Å². The second-order valence-corrected chi connectivity index (χ2v) is 9.93. The van der Waals surface area contributed by atoms with Crippen LogP contribution in [0.2, 0.25) is 0 Å². The first kappa shape index (κ1) is 16.9. The number of hydrogen-bond donors (Lipinski definition) is 0. The molecule has 0 radical (unpaired) electrons. The maximum atomic E-state index is 12.4. The summed E-state index contributed by atoms with van der Waals surface area (Å²) in [5.41, 5.74) is 2.24. The SMILES string of the molecule is CC(C)(C)c1cnc2c(C(C)(C)C)cccc2c1S(C)(=O)=O. The Morgan fingerprint density at radius 3 is 1.91 bits per heavy atom. The summed E-state index contributed by atoms with van der Waals surface area (Å²) in [7, 11) is -3.35. The van der Waals surface area contributed by atoms with Gasteiger partial charge in [-0.25, -0.2) is 8.42 Å². The Kier molecular flexibility index (Phi) is 3.89. The fraction of sp³-hybridized carbons (Fsp3) is 0.500. The van der Waals surface area contributed by atoms with E-state index in [4.69, 9.17) is 0 Å². The molecule has 0 aliphatic rings. The van der Waals surface area contributed by atoms with Crippen LogP contribution >= 0.6 is 0 Å². The smallest absolute Gasteiger partial charge is 0.176 e. The molecule has 0 N–H and O–H groups in total. The van der Waals surface area contributed by atoms with Crippen LogP contribution in [0.25, 0.3) is 10.9 Å². The average molecular weight is 319 g/mol. The Morgan fingerprint density at radius 1 is 0.909 bits per heavy atom. The summed E-state index contributed by atoms with van der Waals surface area (Å²) in [4.78, 5) is 5.04. The third kappa shape index (κ3) is 3.02. The normalized spacial score (nSPS) is 13.6. The van der Waals surface area contributed by atoms with Gasteiger partial charge in [-0.05, 0) is 22.0 Å². The topological polar surface area (TPSA) is 47.0 Å². The lowest BCUT2D eigenvalue weighted by Gasteiger charge is -2.25. The van der Waals surface area contributed by atoms with E-state index in [2.05, 4.69) is 25.8 Å². The number of aromatic nitrogens is 1. The highest BCUT2D eigenvalue weighted by molar-refractivity contribution is 7.91. The number of pyridine rings is 1. The highest BCUT2D eigenvalue weighted by Crippen LogP contribution is 2.36. The van der Waals surface area contributed by atoms with E-state index >= 15 is 0 Å². The molecule has 120 valence electrons. The monoisotopic (exact) mass is 319 g/mol. The molecule has 22 heavy (non-hydrogen) atoms. The number of hydrogen-bond acceptors (Lipinski definition) is 3. The van der Waals surface area contributed by atoms with Gasteiger partial charge in [-0.1, -0.05) is 59.7 Å². The number of benzene rings is 1. The lowest BCUT2D eigenvalue weighted by molar-refractivity contribution is 0.563. The molecule has 3 nitrogen and oxygen atoms in total. The first-order valence-corrected chi connectivity index (χ1v) is 9.35. The van der Waals surface area contributed by atoms with Gasteiger partial charge in [0.1, 0.15) is 0 Å². The van der Waals surface area contributed by atoms with Crippen LogP contribution in [0.1, 0.15) is 52.7 Å². The Hall–Kier alpha value is -1.42. The maximum Gasteiger partial charge on any atom is 0.176 e.